The number of hydrogen-bond acceptors (Lipinski definition) is 2. The lowest BCUT2D eigenvalue weighted by Gasteiger charge is -2.23. The predicted octanol–water partition coefficient (Wildman–Crippen LogP) is 3.92. The van der Waals surface area contributed by atoms with Gasteiger partial charge < -0.3 is 4.74 Å². The fourth-order valence-electron chi connectivity index (χ4n) is 2.50. The first kappa shape index (κ1) is 11.9. The molecule has 1 aromatic heterocycles. The van der Waals surface area contributed by atoms with Crippen LogP contribution in [0.15, 0.2) is 24.4 Å². The van der Waals surface area contributed by atoms with Crippen molar-refractivity contribution in [3.8, 4) is 0 Å². The zero-order valence-electron chi connectivity index (χ0n) is 9.83. The number of nitrogens with zero attached hydrogens (tertiary/aromatic N) is 1. The van der Waals surface area contributed by atoms with Crippen molar-refractivity contribution in [2.75, 3.05) is 13.2 Å². The number of fused-ring (bicyclic) bond motifs is 1. The van der Waals surface area contributed by atoms with Crippen LogP contribution in [-0.2, 0) is 4.74 Å². The number of benzene rings is 1. The summed E-state index contributed by atoms with van der Waals surface area (Å²) in [6.45, 7) is 1.42. The van der Waals surface area contributed by atoms with Gasteiger partial charge in [-0.3, -0.25) is 0 Å². The summed E-state index contributed by atoms with van der Waals surface area (Å²) in [5.74, 6) is 0.0550. The molecule has 0 aliphatic carbocycles. The van der Waals surface area contributed by atoms with Crippen molar-refractivity contribution in [3.63, 3.8) is 0 Å². The summed E-state index contributed by atoms with van der Waals surface area (Å²) in [6, 6.07) is 5.26. The molecule has 1 aromatic carbocycles. The highest BCUT2D eigenvalue weighted by atomic mass is 35.5. The van der Waals surface area contributed by atoms with Crippen LogP contribution in [0.4, 0.5) is 4.39 Å². The molecule has 0 spiro atoms. The lowest BCUT2D eigenvalue weighted by atomic mass is 9.90. The molecule has 0 N–H and O–H groups in total. The minimum Gasteiger partial charge on any atom is -0.381 e. The maximum absolute atomic E-state index is 14.2. The Bertz CT molecular complexity index is 581. The SMILES string of the molecule is Fc1cc2c(Cl)nccc2cc1C1CCOCC1. The van der Waals surface area contributed by atoms with Crippen LogP contribution >= 0.6 is 11.6 Å². The van der Waals surface area contributed by atoms with E-state index in [9.17, 15) is 4.39 Å². The smallest absolute Gasteiger partial charge is 0.136 e. The van der Waals surface area contributed by atoms with Crippen LogP contribution in [0.25, 0.3) is 10.8 Å². The van der Waals surface area contributed by atoms with Gasteiger partial charge in [-0.05, 0) is 47.9 Å². The summed E-state index contributed by atoms with van der Waals surface area (Å²) in [7, 11) is 0. The Labute approximate surface area is 110 Å². The number of hydrogen-bond donors (Lipinski definition) is 0. The Balaban J connectivity index is 2.09. The first-order chi connectivity index (χ1) is 8.75. The molecule has 0 bridgehead atoms. The Morgan fingerprint density at radius 2 is 2.06 bits per heavy atom. The lowest BCUT2D eigenvalue weighted by molar-refractivity contribution is 0.0846. The van der Waals surface area contributed by atoms with Gasteiger partial charge in [-0.15, -0.1) is 0 Å². The minimum absolute atomic E-state index is 0.190. The molecule has 1 aliphatic heterocycles. The fraction of sp³-hybridized carbons (Fsp3) is 0.357. The maximum atomic E-state index is 14.2. The molecule has 0 radical (unpaired) electrons. The third-order valence-electron chi connectivity index (χ3n) is 3.49. The summed E-state index contributed by atoms with van der Waals surface area (Å²) >= 11 is 5.97. The molecule has 0 atom stereocenters. The summed E-state index contributed by atoms with van der Waals surface area (Å²) < 4.78 is 19.5. The minimum atomic E-state index is -0.190. The second kappa shape index (κ2) is 4.82. The van der Waals surface area contributed by atoms with Crippen LogP contribution in [-0.4, -0.2) is 18.2 Å². The van der Waals surface area contributed by atoms with Gasteiger partial charge in [-0.25, -0.2) is 9.37 Å². The highest BCUT2D eigenvalue weighted by Crippen LogP contribution is 2.32. The van der Waals surface area contributed by atoms with Gasteiger partial charge in [0.1, 0.15) is 11.0 Å². The largest absolute Gasteiger partial charge is 0.381 e. The maximum Gasteiger partial charge on any atom is 0.136 e. The second-order valence-electron chi connectivity index (χ2n) is 4.58. The number of aromatic nitrogens is 1. The molecule has 1 aliphatic rings. The summed E-state index contributed by atoms with van der Waals surface area (Å²) in [5, 5.41) is 1.97. The summed E-state index contributed by atoms with van der Waals surface area (Å²) in [5.41, 5.74) is 0.771. The quantitative estimate of drug-likeness (QED) is 0.729. The van der Waals surface area contributed by atoms with Gasteiger partial charge in [-0.1, -0.05) is 11.6 Å². The Morgan fingerprint density at radius 1 is 1.28 bits per heavy atom. The van der Waals surface area contributed by atoms with Gasteiger partial charge in [0.15, 0.2) is 0 Å². The highest BCUT2D eigenvalue weighted by Gasteiger charge is 2.20. The topological polar surface area (TPSA) is 22.1 Å². The normalized spacial score (nSPS) is 17.2. The van der Waals surface area contributed by atoms with Gasteiger partial charge >= 0.3 is 0 Å². The van der Waals surface area contributed by atoms with Crippen LogP contribution in [0.1, 0.15) is 24.3 Å². The van der Waals surface area contributed by atoms with Crippen LogP contribution in [0, 0.1) is 5.82 Å². The van der Waals surface area contributed by atoms with Crippen molar-refractivity contribution in [3.05, 3.63) is 40.9 Å². The molecular formula is C14H13ClFNO. The van der Waals surface area contributed by atoms with Gasteiger partial charge in [0, 0.05) is 24.8 Å². The van der Waals surface area contributed by atoms with Gasteiger partial charge in [0.2, 0.25) is 0 Å². The molecule has 0 saturated carbocycles. The Morgan fingerprint density at radius 3 is 2.83 bits per heavy atom. The third kappa shape index (κ3) is 2.08. The van der Waals surface area contributed by atoms with Crippen molar-refractivity contribution < 1.29 is 9.13 Å². The van der Waals surface area contributed by atoms with Crippen molar-refractivity contribution in [1.82, 2.24) is 4.98 Å². The number of pyridine rings is 1. The highest BCUT2D eigenvalue weighted by molar-refractivity contribution is 6.34. The monoisotopic (exact) mass is 265 g/mol. The van der Waals surface area contributed by atoms with Gasteiger partial charge in [0.05, 0.1) is 0 Å². The van der Waals surface area contributed by atoms with Crippen molar-refractivity contribution in [1.29, 1.82) is 0 Å². The molecule has 2 heterocycles. The molecule has 0 amide bonds. The molecule has 3 rings (SSSR count). The van der Waals surface area contributed by atoms with Crippen LogP contribution in [0.3, 0.4) is 0 Å². The molecule has 1 fully saturated rings. The van der Waals surface area contributed by atoms with E-state index in [2.05, 4.69) is 4.98 Å². The standard InChI is InChI=1S/C14H13ClFNO/c15-14-12-8-13(16)11(7-10(12)1-4-17-14)9-2-5-18-6-3-9/h1,4,7-9H,2-3,5-6H2. The van der Waals surface area contributed by atoms with E-state index in [1.165, 1.54) is 6.07 Å². The van der Waals surface area contributed by atoms with Crippen LogP contribution in [0.5, 0.6) is 0 Å². The molecular weight excluding hydrogens is 253 g/mol. The fourth-order valence-corrected chi connectivity index (χ4v) is 2.72. The first-order valence-electron chi connectivity index (χ1n) is 6.07. The number of rotatable bonds is 1. The molecule has 94 valence electrons. The van der Waals surface area contributed by atoms with Crippen molar-refractivity contribution in [2.24, 2.45) is 0 Å². The summed E-state index contributed by atoms with van der Waals surface area (Å²) in [6.07, 6.45) is 3.40. The second-order valence-corrected chi connectivity index (χ2v) is 4.94. The van der Waals surface area contributed by atoms with E-state index >= 15 is 0 Å². The molecule has 18 heavy (non-hydrogen) atoms. The average molecular weight is 266 g/mol. The van der Waals surface area contributed by atoms with Gasteiger partial charge in [0.25, 0.3) is 0 Å². The molecule has 2 aromatic rings. The molecule has 1 saturated heterocycles. The zero-order chi connectivity index (χ0) is 12.5. The molecule has 4 heteroatoms. The van der Waals surface area contributed by atoms with E-state index in [0.29, 0.717) is 23.8 Å². The van der Waals surface area contributed by atoms with E-state index in [-0.39, 0.29) is 11.7 Å². The van der Waals surface area contributed by atoms with Crippen molar-refractivity contribution in [2.45, 2.75) is 18.8 Å². The van der Waals surface area contributed by atoms with E-state index in [1.54, 1.807) is 6.20 Å². The number of halogens is 2. The Hall–Kier alpha value is -1.19. The van der Waals surface area contributed by atoms with E-state index < -0.39 is 0 Å². The molecule has 2 nitrogen and oxygen atoms in total. The third-order valence-corrected chi connectivity index (χ3v) is 3.80. The summed E-state index contributed by atoms with van der Waals surface area (Å²) in [4.78, 5) is 3.97. The molecule has 0 unspecified atom stereocenters. The van der Waals surface area contributed by atoms with Crippen LogP contribution < -0.4 is 0 Å². The van der Waals surface area contributed by atoms with E-state index in [4.69, 9.17) is 16.3 Å². The van der Waals surface area contributed by atoms with Gasteiger partial charge in [-0.2, -0.15) is 0 Å². The van der Waals surface area contributed by atoms with Crippen LogP contribution in [0.2, 0.25) is 5.15 Å². The predicted molar refractivity (Wildman–Crippen MR) is 69.5 cm³/mol. The first-order valence-corrected chi connectivity index (χ1v) is 6.45. The lowest BCUT2D eigenvalue weighted by Crippen LogP contribution is -2.15. The van der Waals surface area contributed by atoms with Crippen molar-refractivity contribution >= 4 is 22.4 Å². The van der Waals surface area contributed by atoms with E-state index in [0.717, 1.165) is 23.8 Å². The average Bonchev–Trinajstić information content (AvgIpc) is 2.40. The zero-order valence-corrected chi connectivity index (χ0v) is 10.6. The number of ether oxygens (including phenoxy) is 1. The Kier molecular flexibility index (Phi) is 3.18. The van der Waals surface area contributed by atoms with E-state index in [1.807, 2.05) is 12.1 Å².